The van der Waals surface area contributed by atoms with Crippen LogP contribution in [0.5, 0.6) is 5.88 Å². The van der Waals surface area contributed by atoms with Crippen molar-refractivity contribution < 1.29 is 19.4 Å². The van der Waals surface area contributed by atoms with E-state index in [1.54, 1.807) is 23.5 Å². The number of carbonyl (C=O) groups is 1. The van der Waals surface area contributed by atoms with Gasteiger partial charge in [-0.15, -0.1) is 11.3 Å². The van der Waals surface area contributed by atoms with Gasteiger partial charge in [0.25, 0.3) is 0 Å². The molecular formula is C32H33N5O4S. The highest BCUT2D eigenvalue weighted by Gasteiger charge is 2.26. The minimum Gasteiger partial charge on any atom is -0.478 e. The summed E-state index contributed by atoms with van der Waals surface area (Å²) in [6.45, 7) is 6.56. The number of rotatable bonds is 9. The number of nitrogens with zero attached hydrogens (tertiary/aromatic N) is 5. The summed E-state index contributed by atoms with van der Waals surface area (Å²) in [6.07, 6.45) is 3.18. The lowest BCUT2D eigenvalue weighted by Crippen LogP contribution is -2.35. The molecule has 42 heavy (non-hydrogen) atoms. The molecule has 2 fully saturated rings. The molecular weight excluding hydrogens is 550 g/mol. The van der Waals surface area contributed by atoms with E-state index in [0.717, 1.165) is 84.1 Å². The zero-order chi connectivity index (χ0) is 28.6. The number of benzene rings is 2. The summed E-state index contributed by atoms with van der Waals surface area (Å²) in [4.78, 5) is 28.4. The Labute approximate surface area is 247 Å². The summed E-state index contributed by atoms with van der Waals surface area (Å²) < 4.78 is 15.2. The predicted molar refractivity (Wildman–Crippen MR) is 161 cm³/mol. The van der Waals surface area contributed by atoms with Crippen LogP contribution < -0.4 is 4.74 Å². The van der Waals surface area contributed by atoms with Crippen LogP contribution in [-0.2, 0) is 24.4 Å². The first-order chi connectivity index (χ1) is 20.5. The molecule has 2 aromatic carbocycles. The summed E-state index contributed by atoms with van der Waals surface area (Å²) in [5, 5.41) is 10.6. The summed E-state index contributed by atoms with van der Waals surface area (Å²) in [6, 6.07) is 17.5. The maximum atomic E-state index is 11.6. The van der Waals surface area contributed by atoms with E-state index in [9.17, 15) is 9.90 Å². The molecule has 10 heteroatoms. The maximum Gasteiger partial charge on any atom is 0.335 e. The maximum absolute atomic E-state index is 11.6. The number of fused-ring (bicyclic) bond motifs is 2. The van der Waals surface area contributed by atoms with E-state index in [2.05, 4.69) is 38.7 Å². The topological polar surface area (TPSA) is 103 Å². The number of imidazole rings is 1. The van der Waals surface area contributed by atoms with Crippen molar-refractivity contribution in [3.05, 3.63) is 82.3 Å². The van der Waals surface area contributed by atoms with Crippen LogP contribution in [-0.4, -0.2) is 61.3 Å². The lowest BCUT2D eigenvalue weighted by Gasteiger charge is -2.32. The molecule has 1 N–H and O–H groups in total. The van der Waals surface area contributed by atoms with Crippen LogP contribution in [0.2, 0.25) is 0 Å². The molecule has 3 aromatic heterocycles. The second-order valence-electron chi connectivity index (χ2n) is 11.2. The summed E-state index contributed by atoms with van der Waals surface area (Å²) in [7, 11) is 0. The lowest BCUT2D eigenvalue weighted by molar-refractivity contribution is -0.0592. The Morgan fingerprint density at radius 1 is 1.05 bits per heavy atom. The molecule has 9 nitrogen and oxygen atoms in total. The molecule has 2 aliphatic rings. The molecule has 7 rings (SSSR count). The van der Waals surface area contributed by atoms with Crippen molar-refractivity contribution in [3.8, 4) is 5.88 Å². The molecule has 0 bridgehead atoms. The molecule has 0 saturated carbocycles. The SMILES string of the molecule is Cc1nc2cc(COc3cccc(C4CCN(Cc5nc6ccc(C(=O)O)cc6n5CC5CCO5)CC4)n3)ccc2s1. The fraction of sp³-hybridized carbons (Fsp3) is 0.375. The number of hydrogen-bond acceptors (Lipinski definition) is 8. The van der Waals surface area contributed by atoms with Crippen LogP contribution >= 0.6 is 11.3 Å². The first-order valence-corrected chi connectivity index (χ1v) is 15.3. The van der Waals surface area contributed by atoms with E-state index < -0.39 is 5.97 Å². The van der Waals surface area contributed by atoms with Gasteiger partial charge in [-0.3, -0.25) is 4.90 Å². The zero-order valence-corrected chi connectivity index (χ0v) is 24.3. The molecule has 5 heterocycles. The van der Waals surface area contributed by atoms with Gasteiger partial charge >= 0.3 is 5.97 Å². The first kappa shape index (κ1) is 27.0. The van der Waals surface area contributed by atoms with Gasteiger partial charge in [0.05, 0.1) is 51.0 Å². The number of thiazole rings is 1. The predicted octanol–water partition coefficient (Wildman–Crippen LogP) is 5.80. The van der Waals surface area contributed by atoms with Crippen LogP contribution in [0.3, 0.4) is 0 Å². The van der Waals surface area contributed by atoms with E-state index in [1.807, 2.05) is 25.1 Å². The molecule has 1 atom stereocenters. The Morgan fingerprint density at radius 3 is 2.69 bits per heavy atom. The van der Waals surface area contributed by atoms with Crippen molar-refractivity contribution in [2.75, 3.05) is 19.7 Å². The molecule has 0 spiro atoms. The highest BCUT2D eigenvalue weighted by Crippen LogP contribution is 2.30. The Hall–Kier alpha value is -3.86. The van der Waals surface area contributed by atoms with Crippen LogP contribution in [0.4, 0.5) is 0 Å². The van der Waals surface area contributed by atoms with Crippen molar-refractivity contribution in [2.24, 2.45) is 0 Å². The van der Waals surface area contributed by atoms with E-state index in [0.29, 0.717) is 24.9 Å². The van der Waals surface area contributed by atoms with E-state index in [4.69, 9.17) is 19.4 Å². The van der Waals surface area contributed by atoms with Gasteiger partial charge in [0.2, 0.25) is 5.88 Å². The third-order valence-corrected chi connectivity index (χ3v) is 9.27. The monoisotopic (exact) mass is 583 g/mol. The standard InChI is InChI=1S/C32H33N5O4S/c1-20-33-27-15-21(5-8-29(27)42-20)19-41-31-4-2-3-25(35-31)22-9-12-36(13-10-22)18-30-34-26-7-6-23(32(38)39)16-28(26)37(30)17-24-11-14-40-24/h2-8,15-16,22,24H,9-14,17-19H2,1H3,(H,38,39). The average molecular weight is 584 g/mol. The quantitative estimate of drug-likeness (QED) is 0.233. The number of aromatic carboxylic acids is 1. The molecule has 216 valence electrons. The van der Waals surface area contributed by atoms with Gasteiger partial charge in [-0.2, -0.15) is 0 Å². The van der Waals surface area contributed by atoms with Crippen molar-refractivity contribution in [1.29, 1.82) is 0 Å². The highest BCUT2D eigenvalue weighted by atomic mass is 32.1. The number of aryl methyl sites for hydroxylation is 1. The largest absolute Gasteiger partial charge is 0.478 e. The molecule has 2 saturated heterocycles. The highest BCUT2D eigenvalue weighted by molar-refractivity contribution is 7.18. The number of carboxylic acid groups (broad SMARTS) is 1. The van der Waals surface area contributed by atoms with Gasteiger partial charge < -0.3 is 19.1 Å². The minimum atomic E-state index is -0.927. The Bertz CT molecular complexity index is 1750. The third kappa shape index (κ3) is 5.62. The average Bonchev–Trinajstić information content (AvgIpc) is 3.52. The van der Waals surface area contributed by atoms with Gasteiger partial charge in [-0.05, 0) is 81.2 Å². The van der Waals surface area contributed by atoms with Gasteiger partial charge in [-0.1, -0.05) is 12.1 Å². The second kappa shape index (κ2) is 11.4. The molecule has 0 amide bonds. The first-order valence-electron chi connectivity index (χ1n) is 14.5. The van der Waals surface area contributed by atoms with Gasteiger partial charge in [0.1, 0.15) is 12.4 Å². The molecule has 0 radical (unpaired) electrons. The normalized spacial score (nSPS) is 18.0. The minimum absolute atomic E-state index is 0.153. The fourth-order valence-electron chi connectivity index (χ4n) is 5.92. The third-order valence-electron chi connectivity index (χ3n) is 8.32. The Morgan fingerprint density at radius 2 is 1.90 bits per heavy atom. The van der Waals surface area contributed by atoms with Crippen molar-refractivity contribution in [3.63, 3.8) is 0 Å². The Balaban J connectivity index is 0.999. The van der Waals surface area contributed by atoms with E-state index >= 15 is 0 Å². The van der Waals surface area contributed by atoms with Crippen LogP contribution in [0.1, 0.15) is 57.6 Å². The molecule has 1 unspecified atom stereocenters. The number of aromatic nitrogens is 4. The van der Waals surface area contributed by atoms with Crippen LogP contribution in [0.15, 0.2) is 54.6 Å². The number of ether oxygens (including phenoxy) is 2. The molecule has 0 aliphatic carbocycles. The van der Waals surface area contributed by atoms with Crippen molar-refractivity contribution >= 4 is 38.6 Å². The molecule has 5 aromatic rings. The summed E-state index contributed by atoms with van der Waals surface area (Å²) in [5.41, 5.74) is 5.14. The van der Waals surface area contributed by atoms with Crippen LogP contribution in [0, 0.1) is 6.92 Å². The summed E-state index contributed by atoms with van der Waals surface area (Å²) in [5.74, 6) is 1.06. The number of carboxylic acids is 1. The number of piperidine rings is 1. The van der Waals surface area contributed by atoms with Gasteiger partial charge in [-0.25, -0.2) is 19.7 Å². The Kier molecular flexibility index (Phi) is 7.35. The fourth-order valence-corrected chi connectivity index (χ4v) is 6.73. The lowest BCUT2D eigenvalue weighted by atomic mass is 9.93. The van der Waals surface area contributed by atoms with Crippen molar-refractivity contribution in [1.82, 2.24) is 24.4 Å². The molecule has 2 aliphatic heterocycles. The number of pyridine rings is 1. The van der Waals surface area contributed by atoms with Crippen LogP contribution in [0.25, 0.3) is 21.3 Å². The smallest absolute Gasteiger partial charge is 0.335 e. The summed E-state index contributed by atoms with van der Waals surface area (Å²) >= 11 is 1.70. The second-order valence-corrected chi connectivity index (χ2v) is 12.4. The van der Waals surface area contributed by atoms with E-state index in [-0.39, 0.29) is 11.7 Å². The van der Waals surface area contributed by atoms with Gasteiger partial charge in [0, 0.05) is 24.3 Å². The van der Waals surface area contributed by atoms with Gasteiger partial charge in [0.15, 0.2) is 0 Å². The zero-order valence-electron chi connectivity index (χ0n) is 23.5. The van der Waals surface area contributed by atoms with E-state index in [1.165, 1.54) is 4.70 Å². The number of likely N-dealkylation sites (tertiary alicyclic amines) is 1. The number of hydrogen-bond donors (Lipinski definition) is 1. The van der Waals surface area contributed by atoms with Crippen molar-refractivity contribution in [2.45, 2.75) is 57.9 Å².